The summed E-state index contributed by atoms with van der Waals surface area (Å²) in [4.78, 5) is 24.5. The Kier molecular flexibility index (Phi) is 5.77. The molecule has 3 aromatic carbocycles. The highest BCUT2D eigenvalue weighted by Gasteiger charge is 2.20. The topological polar surface area (TPSA) is 58.1 Å². The number of thioether (sulfide) groups is 1. The first-order chi connectivity index (χ1) is 15.7. The van der Waals surface area contributed by atoms with Crippen molar-refractivity contribution >= 4 is 40.2 Å². The number of benzene rings is 3. The van der Waals surface area contributed by atoms with Gasteiger partial charge in [-0.05, 0) is 42.7 Å². The summed E-state index contributed by atoms with van der Waals surface area (Å²) in [6, 6.07) is 24.4. The second kappa shape index (κ2) is 9.01. The van der Waals surface area contributed by atoms with Gasteiger partial charge in [0.05, 0.1) is 11.3 Å². The molecule has 6 heteroatoms. The lowest BCUT2D eigenvalue weighted by molar-refractivity contribution is -0.113. The van der Waals surface area contributed by atoms with E-state index in [1.165, 1.54) is 22.9 Å². The van der Waals surface area contributed by atoms with Crippen LogP contribution in [0, 0.1) is 6.92 Å². The summed E-state index contributed by atoms with van der Waals surface area (Å²) in [7, 11) is 0. The predicted molar refractivity (Wildman–Crippen MR) is 131 cm³/mol. The van der Waals surface area contributed by atoms with Crippen molar-refractivity contribution in [2.75, 3.05) is 22.5 Å². The first-order valence-corrected chi connectivity index (χ1v) is 11.7. The van der Waals surface area contributed by atoms with Crippen LogP contribution in [0.3, 0.4) is 0 Å². The summed E-state index contributed by atoms with van der Waals surface area (Å²) in [6.07, 6.45) is 0.980. The monoisotopic (exact) mass is 440 g/mol. The Morgan fingerprint density at radius 3 is 2.56 bits per heavy atom. The van der Waals surface area contributed by atoms with Crippen LogP contribution in [0.4, 0.5) is 11.6 Å². The highest BCUT2D eigenvalue weighted by molar-refractivity contribution is 8.00. The van der Waals surface area contributed by atoms with E-state index in [2.05, 4.69) is 34.5 Å². The van der Waals surface area contributed by atoms with E-state index < -0.39 is 0 Å². The van der Waals surface area contributed by atoms with Crippen LogP contribution in [-0.4, -0.2) is 28.2 Å². The van der Waals surface area contributed by atoms with Gasteiger partial charge in [0.2, 0.25) is 11.9 Å². The molecule has 5 rings (SSSR count). The number of carbonyl (C=O) groups is 1. The van der Waals surface area contributed by atoms with Crippen LogP contribution in [0.15, 0.2) is 77.8 Å². The summed E-state index contributed by atoms with van der Waals surface area (Å²) in [5, 5.41) is 4.77. The molecule has 0 bridgehead atoms. The SMILES string of the molecule is Cc1ccc(NC(=O)CSc2nc(N3CCc4ccccc4C3)nc3ccccc23)cc1. The molecule has 1 aliphatic heterocycles. The van der Waals surface area contributed by atoms with E-state index in [4.69, 9.17) is 9.97 Å². The van der Waals surface area contributed by atoms with Gasteiger partial charge in [-0.25, -0.2) is 9.97 Å². The van der Waals surface area contributed by atoms with Crippen molar-refractivity contribution in [3.05, 3.63) is 89.5 Å². The van der Waals surface area contributed by atoms with Gasteiger partial charge in [0.15, 0.2) is 0 Å². The van der Waals surface area contributed by atoms with E-state index in [1.807, 2.05) is 55.5 Å². The van der Waals surface area contributed by atoms with Crippen LogP contribution in [0.5, 0.6) is 0 Å². The number of fused-ring (bicyclic) bond motifs is 2. The number of para-hydroxylation sites is 1. The van der Waals surface area contributed by atoms with E-state index in [0.717, 1.165) is 52.6 Å². The zero-order chi connectivity index (χ0) is 21.9. The van der Waals surface area contributed by atoms with Gasteiger partial charge in [-0.3, -0.25) is 4.79 Å². The predicted octanol–water partition coefficient (Wildman–Crippen LogP) is 5.23. The molecule has 0 aliphatic carbocycles. The van der Waals surface area contributed by atoms with Crippen molar-refractivity contribution in [2.24, 2.45) is 0 Å². The summed E-state index contributed by atoms with van der Waals surface area (Å²) >= 11 is 1.45. The number of aryl methyl sites for hydroxylation is 1. The average Bonchev–Trinajstić information content (AvgIpc) is 2.83. The lowest BCUT2D eigenvalue weighted by atomic mass is 10.0. The van der Waals surface area contributed by atoms with Crippen molar-refractivity contribution in [1.82, 2.24) is 9.97 Å². The number of hydrogen-bond donors (Lipinski definition) is 1. The fourth-order valence-electron chi connectivity index (χ4n) is 3.92. The minimum atomic E-state index is -0.0463. The van der Waals surface area contributed by atoms with Gasteiger partial charge >= 0.3 is 0 Å². The molecule has 1 aromatic heterocycles. The van der Waals surface area contributed by atoms with Gasteiger partial charge in [0, 0.05) is 24.2 Å². The highest BCUT2D eigenvalue weighted by atomic mass is 32.2. The molecule has 0 radical (unpaired) electrons. The molecule has 1 N–H and O–H groups in total. The highest BCUT2D eigenvalue weighted by Crippen LogP contribution is 2.29. The zero-order valence-electron chi connectivity index (χ0n) is 17.9. The van der Waals surface area contributed by atoms with E-state index >= 15 is 0 Å². The number of anilines is 2. The minimum absolute atomic E-state index is 0.0463. The molecule has 0 fully saturated rings. The molecular formula is C26H24N4OS. The van der Waals surface area contributed by atoms with Crippen LogP contribution in [0.2, 0.25) is 0 Å². The Labute approximate surface area is 191 Å². The lowest BCUT2D eigenvalue weighted by Gasteiger charge is -2.29. The van der Waals surface area contributed by atoms with Gasteiger partial charge in [-0.2, -0.15) is 0 Å². The fraction of sp³-hybridized carbons (Fsp3) is 0.192. The number of nitrogens with one attached hydrogen (secondary N) is 1. The summed E-state index contributed by atoms with van der Waals surface area (Å²) in [6.45, 7) is 3.71. The van der Waals surface area contributed by atoms with Gasteiger partial charge in [0.25, 0.3) is 0 Å². The van der Waals surface area contributed by atoms with Gasteiger partial charge in [-0.15, -0.1) is 0 Å². The van der Waals surface area contributed by atoms with Crippen molar-refractivity contribution in [3.8, 4) is 0 Å². The smallest absolute Gasteiger partial charge is 0.234 e. The standard InChI is InChI=1S/C26H24N4OS/c1-18-10-12-21(13-11-18)27-24(31)17-32-25-22-8-4-5-9-23(22)28-26(29-25)30-15-14-19-6-2-3-7-20(19)16-30/h2-13H,14-17H2,1H3,(H,27,31). The third-order valence-electron chi connectivity index (χ3n) is 5.65. The van der Waals surface area contributed by atoms with Crippen LogP contribution in [-0.2, 0) is 17.8 Å². The molecule has 32 heavy (non-hydrogen) atoms. The maximum atomic E-state index is 12.5. The maximum absolute atomic E-state index is 12.5. The fourth-order valence-corrected chi connectivity index (χ4v) is 4.74. The third-order valence-corrected chi connectivity index (χ3v) is 6.64. The first-order valence-electron chi connectivity index (χ1n) is 10.7. The molecule has 5 nitrogen and oxygen atoms in total. The number of rotatable bonds is 5. The molecule has 1 aliphatic rings. The Morgan fingerprint density at radius 2 is 1.72 bits per heavy atom. The normalized spacial score (nSPS) is 13.1. The number of nitrogens with zero attached hydrogens (tertiary/aromatic N) is 3. The number of amides is 1. The van der Waals surface area contributed by atoms with Gasteiger partial charge < -0.3 is 10.2 Å². The molecular weight excluding hydrogens is 416 g/mol. The Bertz CT molecular complexity index is 1270. The second-order valence-corrected chi connectivity index (χ2v) is 8.95. The molecule has 0 spiro atoms. The van der Waals surface area contributed by atoms with Crippen LogP contribution >= 0.6 is 11.8 Å². The van der Waals surface area contributed by atoms with Crippen LogP contribution in [0.25, 0.3) is 10.9 Å². The largest absolute Gasteiger partial charge is 0.336 e. The number of aromatic nitrogens is 2. The molecule has 0 atom stereocenters. The van der Waals surface area contributed by atoms with E-state index in [-0.39, 0.29) is 11.7 Å². The molecule has 2 heterocycles. The molecule has 0 saturated heterocycles. The third kappa shape index (κ3) is 4.46. The molecule has 1 amide bonds. The van der Waals surface area contributed by atoms with Crippen molar-refractivity contribution in [3.63, 3.8) is 0 Å². The van der Waals surface area contributed by atoms with Gasteiger partial charge in [0.1, 0.15) is 5.03 Å². The van der Waals surface area contributed by atoms with E-state index in [1.54, 1.807) is 0 Å². The quantitative estimate of drug-likeness (QED) is 0.340. The van der Waals surface area contributed by atoms with Crippen molar-refractivity contribution in [2.45, 2.75) is 24.9 Å². The lowest BCUT2D eigenvalue weighted by Crippen LogP contribution is -2.31. The van der Waals surface area contributed by atoms with Crippen molar-refractivity contribution < 1.29 is 4.79 Å². The summed E-state index contributed by atoms with van der Waals surface area (Å²) < 4.78 is 0. The summed E-state index contributed by atoms with van der Waals surface area (Å²) in [5.74, 6) is 0.964. The molecule has 0 saturated carbocycles. The van der Waals surface area contributed by atoms with Crippen LogP contribution in [0.1, 0.15) is 16.7 Å². The Morgan fingerprint density at radius 1 is 0.969 bits per heavy atom. The number of hydrogen-bond acceptors (Lipinski definition) is 5. The number of carbonyl (C=O) groups excluding carboxylic acids is 1. The molecule has 4 aromatic rings. The Balaban J connectivity index is 1.36. The van der Waals surface area contributed by atoms with E-state index in [9.17, 15) is 4.79 Å². The Hall–Kier alpha value is -3.38. The van der Waals surface area contributed by atoms with Gasteiger partial charge in [-0.1, -0.05) is 71.9 Å². The maximum Gasteiger partial charge on any atom is 0.234 e. The first kappa shape index (κ1) is 20.5. The minimum Gasteiger partial charge on any atom is -0.336 e. The second-order valence-electron chi connectivity index (χ2n) is 7.99. The molecule has 0 unspecified atom stereocenters. The van der Waals surface area contributed by atoms with Crippen molar-refractivity contribution in [1.29, 1.82) is 0 Å². The average molecular weight is 441 g/mol. The zero-order valence-corrected chi connectivity index (χ0v) is 18.7. The van der Waals surface area contributed by atoms with E-state index in [0.29, 0.717) is 0 Å². The van der Waals surface area contributed by atoms with Crippen LogP contribution < -0.4 is 10.2 Å². The summed E-state index contributed by atoms with van der Waals surface area (Å²) in [5.41, 5.74) is 5.59. The molecule has 160 valence electrons.